The number of aromatic nitrogens is 1. The van der Waals surface area contributed by atoms with Crippen LogP contribution in [0.1, 0.15) is 29.4 Å². The summed E-state index contributed by atoms with van der Waals surface area (Å²) >= 11 is 0. The fourth-order valence-electron chi connectivity index (χ4n) is 2.73. The van der Waals surface area contributed by atoms with E-state index in [1.54, 1.807) is 20.3 Å². The number of rotatable bonds is 6. The lowest BCUT2D eigenvalue weighted by atomic mass is 10.1. The van der Waals surface area contributed by atoms with Gasteiger partial charge in [0.2, 0.25) is 0 Å². The molecule has 6 heteroatoms. The maximum atomic E-state index is 12.4. The third-order valence-corrected chi connectivity index (χ3v) is 4.18. The fourth-order valence-corrected chi connectivity index (χ4v) is 2.73. The van der Waals surface area contributed by atoms with Crippen molar-refractivity contribution in [2.75, 3.05) is 14.2 Å². The molecule has 0 fully saturated rings. The first-order valence-corrected chi connectivity index (χ1v) is 8.61. The summed E-state index contributed by atoms with van der Waals surface area (Å²) in [5.41, 5.74) is 5.26. The average molecular weight is 363 g/mol. The van der Waals surface area contributed by atoms with E-state index in [0.717, 1.165) is 22.2 Å². The molecule has 6 nitrogen and oxygen atoms in total. The summed E-state index contributed by atoms with van der Waals surface area (Å²) in [4.78, 5) is 16.8. The highest BCUT2D eigenvalue weighted by atomic mass is 16.5. The Balaban J connectivity index is 1.82. The van der Waals surface area contributed by atoms with Crippen LogP contribution < -0.4 is 14.9 Å². The van der Waals surface area contributed by atoms with E-state index in [9.17, 15) is 4.79 Å². The van der Waals surface area contributed by atoms with Crippen LogP contribution in [0.3, 0.4) is 0 Å². The number of carbonyl (C=O) groups excluding carboxylic acids is 1. The topological polar surface area (TPSA) is 72.8 Å². The van der Waals surface area contributed by atoms with Gasteiger partial charge in [-0.2, -0.15) is 5.10 Å². The van der Waals surface area contributed by atoms with Crippen LogP contribution in [0.15, 0.2) is 59.7 Å². The molecule has 0 saturated carbocycles. The van der Waals surface area contributed by atoms with Crippen LogP contribution >= 0.6 is 0 Å². The van der Waals surface area contributed by atoms with Gasteiger partial charge >= 0.3 is 0 Å². The number of hydrogen-bond donors (Lipinski definition) is 1. The zero-order chi connectivity index (χ0) is 19.2. The molecule has 2 aromatic carbocycles. The van der Waals surface area contributed by atoms with Gasteiger partial charge in [-0.05, 0) is 36.8 Å². The number of benzene rings is 2. The highest BCUT2D eigenvalue weighted by molar-refractivity contribution is 6.02. The van der Waals surface area contributed by atoms with Crippen LogP contribution in [-0.2, 0) is 0 Å². The minimum Gasteiger partial charge on any atom is -0.493 e. The van der Waals surface area contributed by atoms with Gasteiger partial charge in [0.25, 0.3) is 5.91 Å². The molecule has 27 heavy (non-hydrogen) atoms. The van der Waals surface area contributed by atoms with Gasteiger partial charge in [0.1, 0.15) is 5.69 Å². The second-order valence-electron chi connectivity index (χ2n) is 5.81. The molecule has 0 aliphatic rings. The van der Waals surface area contributed by atoms with Gasteiger partial charge in [0, 0.05) is 10.9 Å². The number of amides is 1. The molecular weight excluding hydrogens is 342 g/mol. The normalized spacial score (nSPS) is 11.3. The number of ether oxygens (including phenoxy) is 2. The van der Waals surface area contributed by atoms with Crippen molar-refractivity contribution >= 4 is 22.5 Å². The standard InChI is InChI=1S/C21H21N3O3/c1-4-16(15-10-12-19(26-2)20(13-15)27-3)23-24-21(25)18-11-9-14-7-5-6-8-17(14)22-18/h5-13H,4H2,1-3H3,(H,24,25)/b23-16+. The van der Waals surface area contributed by atoms with Gasteiger partial charge in [-0.1, -0.05) is 31.2 Å². The first-order chi connectivity index (χ1) is 13.2. The van der Waals surface area contributed by atoms with E-state index in [0.29, 0.717) is 23.6 Å². The first kappa shape index (κ1) is 18.4. The van der Waals surface area contributed by atoms with E-state index in [2.05, 4.69) is 15.5 Å². The molecule has 0 unspecified atom stereocenters. The summed E-state index contributed by atoms with van der Waals surface area (Å²) in [6.07, 6.45) is 0.640. The number of para-hydroxylation sites is 1. The third-order valence-electron chi connectivity index (χ3n) is 4.18. The number of nitrogens with one attached hydrogen (secondary N) is 1. The maximum absolute atomic E-state index is 12.4. The second-order valence-corrected chi connectivity index (χ2v) is 5.81. The van der Waals surface area contributed by atoms with Gasteiger partial charge in [-0.15, -0.1) is 0 Å². The van der Waals surface area contributed by atoms with E-state index in [-0.39, 0.29) is 5.91 Å². The maximum Gasteiger partial charge on any atom is 0.289 e. The second kappa shape index (κ2) is 8.31. The van der Waals surface area contributed by atoms with Crippen molar-refractivity contribution in [2.45, 2.75) is 13.3 Å². The molecule has 0 bridgehead atoms. The SMILES string of the molecule is CC/C(=N\NC(=O)c1ccc2ccccc2n1)c1ccc(OC)c(OC)c1. The smallest absolute Gasteiger partial charge is 0.289 e. The number of fused-ring (bicyclic) bond motifs is 1. The number of hydrogen-bond acceptors (Lipinski definition) is 5. The summed E-state index contributed by atoms with van der Waals surface area (Å²) in [7, 11) is 3.17. The Kier molecular flexibility index (Phi) is 5.66. The molecule has 3 aromatic rings. The molecule has 0 radical (unpaired) electrons. The van der Waals surface area contributed by atoms with E-state index in [4.69, 9.17) is 9.47 Å². The average Bonchev–Trinajstić information content (AvgIpc) is 2.73. The Bertz CT molecular complexity index is 999. The molecular formula is C21H21N3O3. The number of nitrogens with zero attached hydrogens (tertiary/aromatic N) is 2. The van der Waals surface area contributed by atoms with Gasteiger partial charge in [0.15, 0.2) is 11.5 Å². The van der Waals surface area contributed by atoms with E-state index in [1.165, 1.54) is 0 Å². The monoisotopic (exact) mass is 363 g/mol. The van der Waals surface area contributed by atoms with Crippen molar-refractivity contribution in [3.05, 3.63) is 65.9 Å². The molecule has 0 aliphatic carbocycles. The van der Waals surface area contributed by atoms with Crippen LogP contribution in [0.5, 0.6) is 11.5 Å². The van der Waals surface area contributed by atoms with Crippen molar-refractivity contribution in [1.29, 1.82) is 0 Å². The molecule has 1 heterocycles. The summed E-state index contributed by atoms with van der Waals surface area (Å²) < 4.78 is 10.6. The predicted octanol–water partition coefficient (Wildman–Crippen LogP) is 3.80. The lowest BCUT2D eigenvalue weighted by molar-refractivity contribution is 0.0950. The predicted molar refractivity (Wildman–Crippen MR) is 106 cm³/mol. The number of hydrazone groups is 1. The minimum absolute atomic E-state index is 0.320. The van der Waals surface area contributed by atoms with Crippen molar-refractivity contribution in [3.8, 4) is 11.5 Å². The summed E-state index contributed by atoms with van der Waals surface area (Å²) in [6, 6.07) is 16.7. The van der Waals surface area contributed by atoms with Gasteiger partial charge < -0.3 is 9.47 Å². The molecule has 1 aromatic heterocycles. The minimum atomic E-state index is -0.354. The first-order valence-electron chi connectivity index (χ1n) is 8.61. The third kappa shape index (κ3) is 4.06. The van der Waals surface area contributed by atoms with Gasteiger partial charge in [-0.25, -0.2) is 10.4 Å². The Morgan fingerprint density at radius 3 is 2.56 bits per heavy atom. The summed E-state index contributed by atoms with van der Waals surface area (Å²) in [6.45, 7) is 1.97. The summed E-state index contributed by atoms with van der Waals surface area (Å²) in [5, 5.41) is 5.26. The Morgan fingerprint density at radius 1 is 1.04 bits per heavy atom. The lowest BCUT2D eigenvalue weighted by Gasteiger charge is -2.10. The molecule has 1 N–H and O–H groups in total. The van der Waals surface area contributed by atoms with Crippen LogP contribution in [0, 0.1) is 0 Å². The molecule has 0 aliphatic heterocycles. The quantitative estimate of drug-likeness (QED) is 0.534. The fraction of sp³-hybridized carbons (Fsp3) is 0.190. The number of pyridine rings is 1. The Morgan fingerprint density at radius 2 is 1.81 bits per heavy atom. The Labute approximate surface area is 157 Å². The van der Waals surface area contributed by atoms with E-state index >= 15 is 0 Å². The Hall–Kier alpha value is -3.41. The molecule has 0 saturated heterocycles. The van der Waals surface area contributed by atoms with Crippen molar-refractivity contribution in [3.63, 3.8) is 0 Å². The zero-order valence-electron chi connectivity index (χ0n) is 15.5. The lowest BCUT2D eigenvalue weighted by Crippen LogP contribution is -2.21. The van der Waals surface area contributed by atoms with E-state index < -0.39 is 0 Å². The molecule has 138 valence electrons. The van der Waals surface area contributed by atoms with Crippen LogP contribution in [0.2, 0.25) is 0 Å². The molecule has 1 amide bonds. The number of carbonyl (C=O) groups is 1. The van der Waals surface area contributed by atoms with Crippen molar-refractivity contribution < 1.29 is 14.3 Å². The molecule has 0 spiro atoms. The van der Waals surface area contributed by atoms with Crippen LogP contribution in [0.4, 0.5) is 0 Å². The zero-order valence-corrected chi connectivity index (χ0v) is 15.5. The summed E-state index contributed by atoms with van der Waals surface area (Å²) in [5.74, 6) is 0.895. The molecule has 3 rings (SSSR count). The highest BCUT2D eigenvalue weighted by Crippen LogP contribution is 2.28. The van der Waals surface area contributed by atoms with Gasteiger partial charge in [0.05, 0.1) is 25.4 Å². The highest BCUT2D eigenvalue weighted by Gasteiger charge is 2.11. The van der Waals surface area contributed by atoms with Crippen LogP contribution in [0.25, 0.3) is 10.9 Å². The van der Waals surface area contributed by atoms with Crippen LogP contribution in [-0.4, -0.2) is 30.8 Å². The van der Waals surface area contributed by atoms with Crippen molar-refractivity contribution in [2.24, 2.45) is 5.10 Å². The van der Waals surface area contributed by atoms with E-state index in [1.807, 2.05) is 55.5 Å². The number of methoxy groups -OCH3 is 2. The largest absolute Gasteiger partial charge is 0.493 e. The molecule has 0 atom stereocenters. The van der Waals surface area contributed by atoms with Crippen molar-refractivity contribution in [1.82, 2.24) is 10.4 Å². The van der Waals surface area contributed by atoms with Gasteiger partial charge in [-0.3, -0.25) is 4.79 Å².